The number of nitrogens with one attached hydrogen (secondary N) is 2. The monoisotopic (exact) mass is 309 g/mol. The second-order valence-electron chi connectivity index (χ2n) is 6.23. The number of carbonyl (C=O) groups is 1. The highest BCUT2D eigenvalue weighted by Crippen LogP contribution is 2.23. The summed E-state index contributed by atoms with van der Waals surface area (Å²) in [6.45, 7) is 3.21. The molecule has 120 valence electrons. The number of nitrogens with two attached hydrogens (primary N) is 1. The minimum Gasteiger partial charge on any atom is -0.352 e. The van der Waals surface area contributed by atoms with Gasteiger partial charge in [-0.25, -0.2) is 0 Å². The van der Waals surface area contributed by atoms with E-state index in [4.69, 9.17) is 5.73 Å². The molecule has 0 saturated heterocycles. The molecule has 0 bridgehead atoms. The number of amides is 1. The molecule has 1 heterocycles. The second kappa shape index (κ2) is 6.52. The number of rotatable bonds is 4. The predicted octanol–water partition coefficient (Wildman–Crippen LogP) is 1.86. The SMILES string of the molecule is CC(N)(C(=O)NCC1NCCc2ccccc21)c1ccccc1. The third kappa shape index (κ3) is 3.28. The molecule has 0 fully saturated rings. The quantitative estimate of drug-likeness (QED) is 0.807. The summed E-state index contributed by atoms with van der Waals surface area (Å²) in [5.74, 6) is -0.159. The first-order chi connectivity index (χ1) is 11.1. The smallest absolute Gasteiger partial charge is 0.244 e. The van der Waals surface area contributed by atoms with Gasteiger partial charge in [0.2, 0.25) is 5.91 Å². The number of carbonyl (C=O) groups excluding carboxylic acids is 1. The van der Waals surface area contributed by atoms with Gasteiger partial charge in [-0.3, -0.25) is 4.79 Å². The molecular formula is C19H23N3O. The van der Waals surface area contributed by atoms with E-state index < -0.39 is 5.54 Å². The molecule has 2 aromatic rings. The molecule has 0 aliphatic carbocycles. The highest BCUT2D eigenvalue weighted by atomic mass is 16.2. The van der Waals surface area contributed by atoms with Gasteiger partial charge in [-0.2, -0.15) is 0 Å². The molecule has 2 unspecified atom stereocenters. The van der Waals surface area contributed by atoms with Crippen LogP contribution in [0.1, 0.15) is 29.7 Å². The maximum atomic E-state index is 12.6. The first-order valence-corrected chi connectivity index (χ1v) is 8.03. The summed E-state index contributed by atoms with van der Waals surface area (Å²) in [5.41, 5.74) is 8.65. The fourth-order valence-electron chi connectivity index (χ4n) is 3.07. The Bertz CT molecular complexity index is 682. The van der Waals surface area contributed by atoms with Crippen molar-refractivity contribution in [1.82, 2.24) is 10.6 Å². The summed E-state index contributed by atoms with van der Waals surface area (Å²) in [6, 6.07) is 18.0. The van der Waals surface area contributed by atoms with Crippen LogP contribution in [0.3, 0.4) is 0 Å². The van der Waals surface area contributed by atoms with Gasteiger partial charge in [-0.05, 0) is 36.6 Å². The van der Waals surface area contributed by atoms with Gasteiger partial charge < -0.3 is 16.4 Å². The van der Waals surface area contributed by atoms with E-state index in [0.717, 1.165) is 18.5 Å². The lowest BCUT2D eigenvalue weighted by Crippen LogP contribution is -2.51. The molecule has 4 N–H and O–H groups in total. The predicted molar refractivity (Wildman–Crippen MR) is 91.9 cm³/mol. The van der Waals surface area contributed by atoms with Crippen molar-refractivity contribution in [3.8, 4) is 0 Å². The van der Waals surface area contributed by atoms with Crippen LogP contribution in [0.4, 0.5) is 0 Å². The molecular weight excluding hydrogens is 286 g/mol. The van der Waals surface area contributed by atoms with Crippen LogP contribution in [0, 0.1) is 0 Å². The van der Waals surface area contributed by atoms with Crippen LogP contribution in [-0.2, 0) is 16.8 Å². The van der Waals surface area contributed by atoms with Crippen molar-refractivity contribution < 1.29 is 4.79 Å². The third-order valence-electron chi connectivity index (χ3n) is 4.53. The fraction of sp³-hybridized carbons (Fsp3) is 0.316. The standard InChI is InChI=1S/C19H23N3O/c1-19(20,15-8-3-2-4-9-15)18(23)22-13-17-16-10-6-5-7-14(16)11-12-21-17/h2-10,17,21H,11-13,20H2,1H3,(H,22,23). The lowest BCUT2D eigenvalue weighted by atomic mass is 9.91. The lowest BCUT2D eigenvalue weighted by molar-refractivity contribution is -0.126. The van der Waals surface area contributed by atoms with Crippen LogP contribution >= 0.6 is 0 Å². The topological polar surface area (TPSA) is 67.2 Å². The molecule has 0 aromatic heterocycles. The molecule has 4 nitrogen and oxygen atoms in total. The normalized spacial score (nSPS) is 19.5. The molecule has 2 aromatic carbocycles. The summed E-state index contributed by atoms with van der Waals surface area (Å²) in [5, 5.41) is 6.47. The van der Waals surface area contributed by atoms with Crippen molar-refractivity contribution in [3.63, 3.8) is 0 Å². The van der Waals surface area contributed by atoms with Gasteiger partial charge in [-0.1, -0.05) is 54.6 Å². The lowest BCUT2D eigenvalue weighted by Gasteiger charge is -2.29. The number of hydrogen-bond acceptors (Lipinski definition) is 3. The zero-order valence-corrected chi connectivity index (χ0v) is 13.4. The van der Waals surface area contributed by atoms with Crippen LogP contribution in [0.5, 0.6) is 0 Å². The minimum atomic E-state index is -1.03. The van der Waals surface area contributed by atoms with Gasteiger partial charge in [0.05, 0.1) is 0 Å². The Hall–Kier alpha value is -2.17. The molecule has 2 atom stereocenters. The Kier molecular flexibility index (Phi) is 4.46. The first-order valence-electron chi connectivity index (χ1n) is 8.03. The molecule has 23 heavy (non-hydrogen) atoms. The Labute approximate surface area is 137 Å². The summed E-state index contributed by atoms with van der Waals surface area (Å²) < 4.78 is 0. The Morgan fingerprint density at radius 1 is 1.22 bits per heavy atom. The molecule has 4 heteroatoms. The Morgan fingerprint density at radius 2 is 1.91 bits per heavy atom. The van der Waals surface area contributed by atoms with Crippen molar-refractivity contribution in [1.29, 1.82) is 0 Å². The van der Waals surface area contributed by atoms with Gasteiger partial charge in [0.25, 0.3) is 0 Å². The van der Waals surface area contributed by atoms with Gasteiger partial charge >= 0.3 is 0 Å². The fourth-order valence-corrected chi connectivity index (χ4v) is 3.07. The second-order valence-corrected chi connectivity index (χ2v) is 6.23. The van der Waals surface area contributed by atoms with Crippen LogP contribution < -0.4 is 16.4 Å². The van der Waals surface area contributed by atoms with Crippen molar-refractivity contribution in [2.24, 2.45) is 5.73 Å². The summed E-state index contributed by atoms with van der Waals surface area (Å²) in [6.07, 6.45) is 1.03. The van der Waals surface area contributed by atoms with Crippen LogP contribution in [-0.4, -0.2) is 19.0 Å². The van der Waals surface area contributed by atoms with E-state index in [-0.39, 0.29) is 11.9 Å². The van der Waals surface area contributed by atoms with Crippen molar-refractivity contribution in [2.45, 2.75) is 24.9 Å². The maximum Gasteiger partial charge on any atom is 0.244 e. The van der Waals surface area contributed by atoms with E-state index >= 15 is 0 Å². The van der Waals surface area contributed by atoms with E-state index in [2.05, 4.69) is 28.8 Å². The van der Waals surface area contributed by atoms with Gasteiger partial charge in [0.1, 0.15) is 5.54 Å². The Morgan fingerprint density at radius 3 is 2.70 bits per heavy atom. The van der Waals surface area contributed by atoms with Gasteiger partial charge in [-0.15, -0.1) is 0 Å². The average Bonchev–Trinajstić information content (AvgIpc) is 2.60. The van der Waals surface area contributed by atoms with Crippen molar-refractivity contribution in [3.05, 3.63) is 71.3 Å². The van der Waals surface area contributed by atoms with Crippen LogP contribution in [0.25, 0.3) is 0 Å². The minimum absolute atomic E-state index is 0.135. The third-order valence-corrected chi connectivity index (χ3v) is 4.53. The van der Waals surface area contributed by atoms with E-state index in [0.29, 0.717) is 6.54 Å². The van der Waals surface area contributed by atoms with Crippen LogP contribution in [0.15, 0.2) is 54.6 Å². The molecule has 0 radical (unpaired) electrons. The van der Waals surface area contributed by atoms with Gasteiger partial charge in [0.15, 0.2) is 0 Å². The largest absolute Gasteiger partial charge is 0.352 e. The van der Waals surface area contributed by atoms with Crippen molar-refractivity contribution in [2.75, 3.05) is 13.1 Å². The van der Waals surface area contributed by atoms with E-state index in [1.54, 1.807) is 6.92 Å². The zero-order chi connectivity index (χ0) is 16.3. The van der Waals surface area contributed by atoms with Crippen molar-refractivity contribution >= 4 is 5.91 Å². The summed E-state index contributed by atoms with van der Waals surface area (Å²) >= 11 is 0. The first kappa shape index (κ1) is 15.7. The highest BCUT2D eigenvalue weighted by molar-refractivity contribution is 5.87. The number of benzene rings is 2. The number of fused-ring (bicyclic) bond motifs is 1. The zero-order valence-electron chi connectivity index (χ0n) is 13.4. The molecule has 3 rings (SSSR count). The summed E-state index contributed by atoms with van der Waals surface area (Å²) in [4.78, 5) is 12.6. The molecule has 1 aliphatic heterocycles. The highest BCUT2D eigenvalue weighted by Gasteiger charge is 2.31. The number of hydrogen-bond donors (Lipinski definition) is 3. The van der Waals surface area contributed by atoms with Crippen LogP contribution in [0.2, 0.25) is 0 Å². The molecule has 1 amide bonds. The molecule has 1 aliphatic rings. The average molecular weight is 309 g/mol. The van der Waals surface area contributed by atoms with E-state index in [1.165, 1.54) is 11.1 Å². The van der Waals surface area contributed by atoms with Gasteiger partial charge in [0, 0.05) is 12.6 Å². The Balaban J connectivity index is 1.68. The molecule has 0 saturated carbocycles. The summed E-state index contributed by atoms with van der Waals surface area (Å²) in [7, 11) is 0. The molecule has 0 spiro atoms. The van der Waals surface area contributed by atoms with E-state index in [1.807, 2.05) is 36.4 Å². The van der Waals surface area contributed by atoms with E-state index in [9.17, 15) is 4.79 Å². The maximum absolute atomic E-state index is 12.6.